The maximum absolute atomic E-state index is 12.5. The SMILES string of the molecule is COc1ccc(Cl)cc1NC(=O)[C@@H](C)Sc1nnc(-c2cc(C)cc(C)c2)o1. The molecular formula is C20H20ClN3O3S. The molecule has 3 rings (SSSR count). The molecule has 0 aliphatic carbocycles. The summed E-state index contributed by atoms with van der Waals surface area (Å²) in [5.41, 5.74) is 3.60. The van der Waals surface area contributed by atoms with Gasteiger partial charge in [-0.3, -0.25) is 4.79 Å². The zero-order valence-corrected chi connectivity index (χ0v) is 17.5. The minimum absolute atomic E-state index is 0.225. The molecule has 0 aliphatic rings. The number of benzene rings is 2. The number of amides is 1. The lowest BCUT2D eigenvalue weighted by Gasteiger charge is -2.13. The number of carbonyl (C=O) groups excluding carboxylic acids is 1. The Kier molecular flexibility index (Phi) is 6.26. The highest BCUT2D eigenvalue weighted by Gasteiger charge is 2.20. The molecule has 2 aromatic carbocycles. The number of aromatic nitrogens is 2. The van der Waals surface area contributed by atoms with Gasteiger partial charge < -0.3 is 14.5 Å². The van der Waals surface area contributed by atoms with E-state index in [1.165, 1.54) is 18.9 Å². The van der Waals surface area contributed by atoms with Gasteiger partial charge in [0.1, 0.15) is 5.75 Å². The normalized spacial score (nSPS) is 11.9. The summed E-state index contributed by atoms with van der Waals surface area (Å²) in [6, 6.07) is 11.1. The van der Waals surface area contributed by atoms with Gasteiger partial charge in [-0.2, -0.15) is 0 Å². The highest BCUT2D eigenvalue weighted by Crippen LogP contribution is 2.30. The molecule has 3 aromatic rings. The summed E-state index contributed by atoms with van der Waals surface area (Å²) >= 11 is 7.19. The number of hydrogen-bond acceptors (Lipinski definition) is 6. The van der Waals surface area contributed by atoms with Crippen molar-refractivity contribution in [3.05, 3.63) is 52.5 Å². The number of nitrogens with zero attached hydrogens (tertiary/aromatic N) is 2. The summed E-state index contributed by atoms with van der Waals surface area (Å²) in [5, 5.41) is 11.3. The molecule has 1 amide bonds. The van der Waals surface area contributed by atoms with Gasteiger partial charge in [0.25, 0.3) is 5.22 Å². The number of anilines is 1. The van der Waals surface area contributed by atoms with Crippen LogP contribution in [0.3, 0.4) is 0 Å². The fraction of sp³-hybridized carbons (Fsp3) is 0.250. The quantitative estimate of drug-likeness (QED) is 0.560. The predicted molar refractivity (Wildman–Crippen MR) is 111 cm³/mol. The van der Waals surface area contributed by atoms with Gasteiger partial charge in [0.2, 0.25) is 11.8 Å². The minimum atomic E-state index is -0.462. The molecule has 0 saturated carbocycles. The summed E-state index contributed by atoms with van der Waals surface area (Å²) in [5.74, 6) is 0.736. The van der Waals surface area contributed by atoms with Gasteiger partial charge in [-0.1, -0.05) is 40.6 Å². The fourth-order valence-corrected chi connectivity index (χ4v) is 3.54. The predicted octanol–water partition coefficient (Wildman–Crippen LogP) is 5.13. The van der Waals surface area contributed by atoms with Crippen LogP contribution in [0.5, 0.6) is 5.75 Å². The summed E-state index contributed by atoms with van der Waals surface area (Å²) in [4.78, 5) is 12.5. The number of thioether (sulfide) groups is 1. The maximum atomic E-state index is 12.5. The maximum Gasteiger partial charge on any atom is 0.277 e. The third kappa shape index (κ3) is 4.85. The molecule has 8 heteroatoms. The highest BCUT2D eigenvalue weighted by atomic mass is 35.5. The minimum Gasteiger partial charge on any atom is -0.495 e. The molecule has 0 fully saturated rings. The Morgan fingerprint density at radius 3 is 2.57 bits per heavy atom. The monoisotopic (exact) mass is 417 g/mol. The molecule has 0 unspecified atom stereocenters. The van der Waals surface area contributed by atoms with E-state index in [-0.39, 0.29) is 5.91 Å². The molecular weight excluding hydrogens is 398 g/mol. The third-order valence-corrected chi connectivity index (χ3v) is 5.11. The summed E-state index contributed by atoms with van der Waals surface area (Å²) in [6.07, 6.45) is 0. The fourth-order valence-electron chi connectivity index (χ4n) is 2.69. The van der Waals surface area contributed by atoms with Crippen LogP contribution < -0.4 is 10.1 Å². The van der Waals surface area contributed by atoms with Crippen LogP contribution in [-0.4, -0.2) is 28.5 Å². The summed E-state index contributed by atoms with van der Waals surface area (Å²) in [7, 11) is 1.53. The van der Waals surface area contributed by atoms with E-state index in [0.717, 1.165) is 16.7 Å². The van der Waals surface area contributed by atoms with Crippen LogP contribution in [0.4, 0.5) is 5.69 Å². The Labute approximate surface area is 172 Å². The van der Waals surface area contributed by atoms with Crippen molar-refractivity contribution < 1.29 is 13.9 Å². The Morgan fingerprint density at radius 1 is 1.18 bits per heavy atom. The molecule has 0 radical (unpaired) electrons. The van der Waals surface area contributed by atoms with E-state index in [0.29, 0.717) is 27.6 Å². The molecule has 6 nitrogen and oxygen atoms in total. The second-order valence-electron chi connectivity index (χ2n) is 6.34. The van der Waals surface area contributed by atoms with Gasteiger partial charge in [0, 0.05) is 10.6 Å². The zero-order chi connectivity index (χ0) is 20.3. The van der Waals surface area contributed by atoms with Crippen LogP contribution >= 0.6 is 23.4 Å². The van der Waals surface area contributed by atoms with E-state index < -0.39 is 5.25 Å². The molecule has 0 bridgehead atoms. The van der Waals surface area contributed by atoms with Gasteiger partial charge >= 0.3 is 0 Å². The number of ether oxygens (including phenoxy) is 1. The van der Waals surface area contributed by atoms with Crippen molar-refractivity contribution >= 4 is 35.0 Å². The third-order valence-electron chi connectivity index (χ3n) is 3.94. The molecule has 0 saturated heterocycles. The van der Waals surface area contributed by atoms with Crippen molar-refractivity contribution in [2.45, 2.75) is 31.2 Å². The van der Waals surface area contributed by atoms with Crippen molar-refractivity contribution in [2.24, 2.45) is 0 Å². The first-order chi connectivity index (χ1) is 13.4. The van der Waals surface area contributed by atoms with E-state index in [1.54, 1.807) is 25.1 Å². The van der Waals surface area contributed by atoms with E-state index >= 15 is 0 Å². The standard InChI is InChI=1S/C20H20ClN3O3S/c1-11-7-12(2)9-14(8-11)19-23-24-20(27-19)28-13(3)18(25)22-16-10-15(21)5-6-17(16)26-4/h5-10,13H,1-4H3,(H,22,25)/t13-/m1/s1. The van der Waals surface area contributed by atoms with E-state index in [4.69, 9.17) is 20.8 Å². The Balaban J connectivity index is 1.70. The highest BCUT2D eigenvalue weighted by molar-refractivity contribution is 8.00. The van der Waals surface area contributed by atoms with Crippen LogP contribution in [0.15, 0.2) is 46.0 Å². The summed E-state index contributed by atoms with van der Waals surface area (Å²) < 4.78 is 11.0. The lowest BCUT2D eigenvalue weighted by molar-refractivity contribution is -0.115. The average molecular weight is 418 g/mol. The molecule has 28 heavy (non-hydrogen) atoms. The molecule has 1 N–H and O–H groups in total. The van der Waals surface area contributed by atoms with Gasteiger partial charge in [-0.25, -0.2) is 0 Å². The van der Waals surface area contributed by atoms with Crippen molar-refractivity contribution in [3.8, 4) is 17.2 Å². The van der Waals surface area contributed by atoms with Crippen LogP contribution in [0.25, 0.3) is 11.5 Å². The first-order valence-electron chi connectivity index (χ1n) is 8.59. The lowest BCUT2D eigenvalue weighted by Crippen LogP contribution is -2.22. The number of halogens is 1. The van der Waals surface area contributed by atoms with E-state index in [9.17, 15) is 4.79 Å². The second-order valence-corrected chi connectivity index (χ2v) is 8.07. The topological polar surface area (TPSA) is 77.2 Å². The first kappa shape index (κ1) is 20.2. The van der Waals surface area contributed by atoms with Crippen LogP contribution in [0, 0.1) is 13.8 Å². The second kappa shape index (κ2) is 8.67. The molecule has 0 aliphatic heterocycles. The van der Waals surface area contributed by atoms with Crippen LogP contribution in [0.1, 0.15) is 18.1 Å². The lowest BCUT2D eigenvalue weighted by atomic mass is 10.1. The first-order valence-corrected chi connectivity index (χ1v) is 9.84. The number of carbonyl (C=O) groups is 1. The van der Waals surface area contributed by atoms with Gasteiger partial charge in [-0.15, -0.1) is 10.2 Å². The number of hydrogen-bond donors (Lipinski definition) is 1. The van der Waals surface area contributed by atoms with Crippen molar-refractivity contribution in [3.63, 3.8) is 0 Å². The number of methoxy groups -OCH3 is 1. The number of rotatable bonds is 6. The molecule has 0 spiro atoms. The molecule has 146 valence electrons. The van der Waals surface area contributed by atoms with E-state index in [1.807, 2.05) is 26.0 Å². The number of nitrogens with one attached hydrogen (secondary N) is 1. The van der Waals surface area contributed by atoms with E-state index in [2.05, 4.69) is 21.6 Å². The van der Waals surface area contributed by atoms with Crippen molar-refractivity contribution in [2.75, 3.05) is 12.4 Å². The van der Waals surface area contributed by atoms with Gasteiger partial charge in [-0.05, 0) is 51.1 Å². The van der Waals surface area contributed by atoms with Crippen molar-refractivity contribution in [1.29, 1.82) is 0 Å². The van der Waals surface area contributed by atoms with Crippen molar-refractivity contribution in [1.82, 2.24) is 10.2 Å². The van der Waals surface area contributed by atoms with Crippen LogP contribution in [0.2, 0.25) is 5.02 Å². The Bertz CT molecular complexity index is 986. The zero-order valence-electron chi connectivity index (χ0n) is 15.9. The Hall–Kier alpha value is -2.51. The Morgan fingerprint density at radius 2 is 1.89 bits per heavy atom. The largest absolute Gasteiger partial charge is 0.495 e. The molecule has 1 aromatic heterocycles. The molecule has 1 heterocycles. The van der Waals surface area contributed by atoms with Crippen LogP contribution in [-0.2, 0) is 4.79 Å². The number of aryl methyl sites for hydroxylation is 2. The average Bonchev–Trinajstić information content (AvgIpc) is 3.09. The summed E-state index contributed by atoms with van der Waals surface area (Å²) in [6.45, 7) is 5.79. The van der Waals surface area contributed by atoms with Gasteiger partial charge in [0.15, 0.2) is 0 Å². The smallest absolute Gasteiger partial charge is 0.277 e. The molecule has 1 atom stereocenters. The van der Waals surface area contributed by atoms with Gasteiger partial charge in [0.05, 0.1) is 18.0 Å².